The molecule has 0 spiro atoms. The van der Waals surface area contributed by atoms with Crippen LogP contribution < -0.4 is 20.5 Å². The number of hydrogen-bond donors (Lipinski definition) is 2. The summed E-state index contributed by atoms with van der Waals surface area (Å²) in [5.74, 6) is 0.936. The summed E-state index contributed by atoms with van der Waals surface area (Å²) in [5.41, 5.74) is 6.99. The van der Waals surface area contributed by atoms with E-state index in [1.54, 1.807) is 30.6 Å². The van der Waals surface area contributed by atoms with E-state index in [-0.39, 0.29) is 36.8 Å². The van der Waals surface area contributed by atoms with Gasteiger partial charge in [0.25, 0.3) is 5.91 Å². The lowest BCUT2D eigenvalue weighted by Crippen LogP contribution is -2.37. The Morgan fingerprint density at radius 3 is 2.62 bits per heavy atom. The number of nitrogens with two attached hydrogens (primary N) is 1. The minimum absolute atomic E-state index is 0. The Bertz CT molecular complexity index is 672. The van der Waals surface area contributed by atoms with Gasteiger partial charge in [0.05, 0.1) is 6.61 Å². The van der Waals surface area contributed by atoms with E-state index in [0.29, 0.717) is 36.8 Å². The lowest BCUT2D eigenvalue weighted by Gasteiger charge is -2.15. The van der Waals surface area contributed by atoms with Gasteiger partial charge in [0.2, 0.25) is 0 Å². The van der Waals surface area contributed by atoms with Crippen LogP contribution in [0.5, 0.6) is 11.5 Å². The van der Waals surface area contributed by atoms with Gasteiger partial charge in [0, 0.05) is 36.1 Å². The highest BCUT2D eigenvalue weighted by Gasteiger charge is 2.13. The largest absolute Gasteiger partial charge is 0.490 e. The van der Waals surface area contributed by atoms with Gasteiger partial charge in [-0.15, -0.1) is 24.8 Å². The molecule has 0 bridgehead atoms. The van der Waals surface area contributed by atoms with Crippen molar-refractivity contribution in [2.24, 2.45) is 5.73 Å². The number of pyridine rings is 1. The summed E-state index contributed by atoms with van der Waals surface area (Å²) < 4.78 is 11.4. The summed E-state index contributed by atoms with van der Waals surface area (Å²) in [4.78, 5) is 16.2. The van der Waals surface area contributed by atoms with E-state index in [1.807, 2.05) is 26.0 Å². The molecule has 2 rings (SSSR count). The van der Waals surface area contributed by atoms with Crippen LogP contribution in [0.2, 0.25) is 0 Å². The first kappa shape index (κ1) is 24.0. The number of rotatable bonds is 8. The van der Waals surface area contributed by atoms with Gasteiger partial charge in [-0.05, 0) is 38.1 Å². The van der Waals surface area contributed by atoms with Crippen molar-refractivity contribution < 1.29 is 14.3 Å². The molecule has 0 fully saturated rings. The molecule has 1 aromatic carbocycles. The molecule has 0 radical (unpaired) electrons. The molecule has 0 aliphatic carbocycles. The second-order valence-corrected chi connectivity index (χ2v) is 5.35. The number of nitrogens with one attached hydrogen (secondary N) is 1. The van der Waals surface area contributed by atoms with Crippen molar-refractivity contribution in [3.63, 3.8) is 0 Å². The van der Waals surface area contributed by atoms with Gasteiger partial charge in [0.15, 0.2) is 11.5 Å². The van der Waals surface area contributed by atoms with Gasteiger partial charge in [-0.25, -0.2) is 0 Å². The van der Waals surface area contributed by atoms with E-state index in [0.717, 1.165) is 5.56 Å². The Morgan fingerprint density at radius 2 is 2.00 bits per heavy atom. The minimum atomic E-state index is -0.187. The standard InChI is InChI=1S/C18H23N3O3.2ClH/c1-3-23-17-9-15(18(22)21-13(2)10-19)6-7-16(17)24-12-14-5-4-8-20-11-14;;/h4-9,11,13H,3,10,12,19H2,1-2H3,(H,21,22);2*1H/t13-;;/m0../s1. The fourth-order valence-electron chi connectivity index (χ4n) is 2.05. The third kappa shape index (κ3) is 7.07. The maximum Gasteiger partial charge on any atom is 0.251 e. The zero-order chi connectivity index (χ0) is 17.4. The Hall–Kier alpha value is -2.02. The number of aromatic nitrogens is 1. The highest BCUT2D eigenvalue weighted by atomic mass is 35.5. The molecule has 0 aliphatic rings. The first-order valence-electron chi connectivity index (χ1n) is 7.93. The molecule has 0 unspecified atom stereocenters. The van der Waals surface area contributed by atoms with Crippen molar-refractivity contribution >= 4 is 30.7 Å². The summed E-state index contributed by atoms with van der Waals surface area (Å²) >= 11 is 0. The number of nitrogens with zero attached hydrogens (tertiary/aromatic N) is 1. The summed E-state index contributed by atoms with van der Waals surface area (Å²) in [7, 11) is 0. The highest BCUT2D eigenvalue weighted by molar-refractivity contribution is 5.95. The smallest absolute Gasteiger partial charge is 0.251 e. The minimum Gasteiger partial charge on any atom is -0.490 e. The number of hydrogen-bond acceptors (Lipinski definition) is 5. The van der Waals surface area contributed by atoms with E-state index in [4.69, 9.17) is 15.2 Å². The number of carbonyl (C=O) groups is 1. The fraction of sp³-hybridized carbons (Fsp3) is 0.333. The van der Waals surface area contributed by atoms with Gasteiger partial charge in [-0.1, -0.05) is 6.07 Å². The van der Waals surface area contributed by atoms with Crippen LogP contribution in [0.25, 0.3) is 0 Å². The first-order valence-corrected chi connectivity index (χ1v) is 7.93. The Morgan fingerprint density at radius 1 is 1.23 bits per heavy atom. The third-order valence-corrected chi connectivity index (χ3v) is 3.35. The molecule has 1 atom stereocenters. The number of benzene rings is 1. The number of halogens is 2. The molecule has 6 nitrogen and oxygen atoms in total. The maximum absolute atomic E-state index is 12.2. The molecular weight excluding hydrogens is 377 g/mol. The number of carbonyl (C=O) groups excluding carboxylic acids is 1. The van der Waals surface area contributed by atoms with Crippen LogP contribution in [0.4, 0.5) is 0 Å². The van der Waals surface area contributed by atoms with Gasteiger partial charge >= 0.3 is 0 Å². The Balaban J connectivity index is 0.00000312. The molecule has 0 saturated heterocycles. The van der Waals surface area contributed by atoms with Crippen molar-refractivity contribution in [3.8, 4) is 11.5 Å². The summed E-state index contributed by atoms with van der Waals surface area (Å²) in [6.07, 6.45) is 3.46. The van der Waals surface area contributed by atoms with Crippen LogP contribution in [0, 0.1) is 0 Å². The molecule has 1 heterocycles. The van der Waals surface area contributed by atoms with Crippen LogP contribution in [0.1, 0.15) is 29.8 Å². The number of amides is 1. The molecule has 8 heteroatoms. The van der Waals surface area contributed by atoms with E-state index >= 15 is 0 Å². The summed E-state index contributed by atoms with van der Waals surface area (Å²) in [5, 5.41) is 2.82. The molecule has 0 aliphatic heterocycles. The number of ether oxygens (including phenoxy) is 2. The Kier molecular flexibility index (Phi) is 11.4. The zero-order valence-electron chi connectivity index (χ0n) is 14.8. The molecule has 1 amide bonds. The van der Waals surface area contributed by atoms with Crippen molar-refractivity contribution in [1.29, 1.82) is 0 Å². The van der Waals surface area contributed by atoms with E-state index in [2.05, 4.69) is 10.3 Å². The monoisotopic (exact) mass is 401 g/mol. The lowest BCUT2D eigenvalue weighted by molar-refractivity contribution is 0.0940. The maximum atomic E-state index is 12.2. The molecule has 2 aromatic rings. The van der Waals surface area contributed by atoms with Crippen molar-refractivity contribution in [1.82, 2.24) is 10.3 Å². The lowest BCUT2D eigenvalue weighted by atomic mass is 10.1. The highest BCUT2D eigenvalue weighted by Crippen LogP contribution is 2.29. The van der Waals surface area contributed by atoms with Gasteiger partial charge in [-0.3, -0.25) is 9.78 Å². The summed E-state index contributed by atoms with van der Waals surface area (Å²) in [6, 6.07) is 8.83. The topological polar surface area (TPSA) is 86.5 Å². The van der Waals surface area contributed by atoms with Crippen LogP contribution in [-0.2, 0) is 6.61 Å². The SMILES string of the molecule is CCOc1cc(C(=O)N[C@@H](C)CN)ccc1OCc1cccnc1.Cl.Cl. The normalized spacial score (nSPS) is 10.7. The van der Waals surface area contributed by atoms with Gasteiger partial charge in [-0.2, -0.15) is 0 Å². The second kappa shape index (κ2) is 12.4. The first-order chi connectivity index (χ1) is 11.6. The van der Waals surface area contributed by atoms with Crippen molar-refractivity contribution in [2.75, 3.05) is 13.2 Å². The molecule has 144 valence electrons. The fourth-order valence-corrected chi connectivity index (χ4v) is 2.05. The van der Waals surface area contributed by atoms with E-state index in [9.17, 15) is 4.79 Å². The van der Waals surface area contributed by atoms with Gasteiger partial charge < -0.3 is 20.5 Å². The molecule has 3 N–H and O–H groups in total. The third-order valence-electron chi connectivity index (χ3n) is 3.35. The average molecular weight is 402 g/mol. The second-order valence-electron chi connectivity index (χ2n) is 5.35. The molecule has 1 aromatic heterocycles. The summed E-state index contributed by atoms with van der Waals surface area (Å²) in [6.45, 7) is 4.98. The van der Waals surface area contributed by atoms with Gasteiger partial charge in [0.1, 0.15) is 6.61 Å². The van der Waals surface area contributed by atoms with Crippen molar-refractivity contribution in [3.05, 3.63) is 53.9 Å². The van der Waals surface area contributed by atoms with E-state index < -0.39 is 0 Å². The quantitative estimate of drug-likeness (QED) is 0.709. The van der Waals surface area contributed by atoms with Crippen LogP contribution in [0.3, 0.4) is 0 Å². The Labute approximate surface area is 166 Å². The molecule has 0 saturated carbocycles. The predicted molar refractivity (Wildman–Crippen MR) is 107 cm³/mol. The van der Waals surface area contributed by atoms with E-state index in [1.165, 1.54) is 0 Å². The average Bonchev–Trinajstić information content (AvgIpc) is 2.61. The van der Waals surface area contributed by atoms with Crippen LogP contribution in [-0.4, -0.2) is 30.1 Å². The zero-order valence-corrected chi connectivity index (χ0v) is 16.4. The van der Waals surface area contributed by atoms with Crippen LogP contribution in [0.15, 0.2) is 42.7 Å². The van der Waals surface area contributed by atoms with Crippen molar-refractivity contribution in [2.45, 2.75) is 26.5 Å². The predicted octanol–water partition coefficient (Wildman–Crippen LogP) is 2.98. The molecule has 26 heavy (non-hydrogen) atoms. The van der Waals surface area contributed by atoms with Crippen LogP contribution >= 0.6 is 24.8 Å². The molecular formula is C18H25Cl2N3O3.